The number of fused-ring (bicyclic) bond motifs is 1. The Morgan fingerprint density at radius 1 is 1.47 bits per heavy atom. The van der Waals surface area contributed by atoms with Gasteiger partial charge in [0.25, 0.3) is 0 Å². The van der Waals surface area contributed by atoms with Crippen molar-refractivity contribution < 1.29 is 4.74 Å². The lowest BCUT2D eigenvalue weighted by Gasteiger charge is -2.36. The van der Waals surface area contributed by atoms with Crippen LogP contribution in [0.3, 0.4) is 0 Å². The number of aromatic nitrogens is 3. The summed E-state index contributed by atoms with van der Waals surface area (Å²) in [6.07, 6.45) is 4.21. The minimum atomic E-state index is -0.116. The number of rotatable bonds is 3. The molecule has 0 radical (unpaired) electrons. The predicted octanol–water partition coefficient (Wildman–Crippen LogP) is 3.39. The summed E-state index contributed by atoms with van der Waals surface area (Å²) in [6.45, 7) is 4.02. The molecule has 0 aromatic carbocycles. The van der Waals surface area contributed by atoms with Gasteiger partial charge >= 0.3 is 0 Å². The van der Waals surface area contributed by atoms with Gasteiger partial charge in [-0.25, -0.2) is 9.97 Å². The second kappa shape index (κ2) is 4.76. The van der Waals surface area contributed by atoms with Crippen LogP contribution in [0.15, 0.2) is 12.3 Å². The molecule has 3 rings (SSSR count). The number of hydrogen-bond donors (Lipinski definition) is 0. The van der Waals surface area contributed by atoms with Crippen LogP contribution in [0, 0.1) is 6.92 Å². The lowest BCUT2D eigenvalue weighted by Crippen LogP contribution is -2.33. The number of alkyl halides is 1. The van der Waals surface area contributed by atoms with Crippen molar-refractivity contribution in [2.75, 3.05) is 7.11 Å². The van der Waals surface area contributed by atoms with E-state index in [1.165, 1.54) is 0 Å². The zero-order chi connectivity index (χ0) is 13.6. The Balaban J connectivity index is 2.10. The van der Waals surface area contributed by atoms with Crippen LogP contribution in [0.5, 0.6) is 0 Å². The van der Waals surface area contributed by atoms with Crippen LogP contribution in [0.2, 0.25) is 0 Å². The topological polar surface area (TPSA) is 39.9 Å². The fourth-order valence-electron chi connectivity index (χ4n) is 2.71. The van der Waals surface area contributed by atoms with Gasteiger partial charge in [0.05, 0.1) is 11.5 Å². The van der Waals surface area contributed by atoms with Crippen LogP contribution in [-0.4, -0.2) is 27.7 Å². The molecule has 0 amide bonds. The fourth-order valence-corrected chi connectivity index (χ4v) is 2.86. The van der Waals surface area contributed by atoms with Gasteiger partial charge in [0.15, 0.2) is 5.65 Å². The first-order valence-electron chi connectivity index (χ1n) is 6.62. The minimum absolute atomic E-state index is 0.116. The molecular formula is C14H18ClN3O. The standard InChI is InChI=1S/C14H18ClN3O/c1-8-4-5-16-14-12(8)17-13(9(2)15)18(14)10-6-11(7-10)19-3/h4-5,9-11H,6-7H2,1-3H3. The summed E-state index contributed by atoms with van der Waals surface area (Å²) >= 11 is 6.29. The third kappa shape index (κ3) is 2.03. The van der Waals surface area contributed by atoms with Crippen LogP contribution < -0.4 is 0 Å². The van der Waals surface area contributed by atoms with Crippen LogP contribution in [0.1, 0.15) is 42.6 Å². The van der Waals surface area contributed by atoms with Crippen molar-refractivity contribution in [2.24, 2.45) is 0 Å². The van der Waals surface area contributed by atoms with Gasteiger partial charge in [-0.3, -0.25) is 0 Å². The van der Waals surface area contributed by atoms with Crippen LogP contribution in [0.4, 0.5) is 0 Å². The van der Waals surface area contributed by atoms with Crippen molar-refractivity contribution in [1.29, 1.82) is 0 Å². The van der Waals surface area contributed by atoms with Gasteiger partial charge in [0.1, 0.15) is 11.3 Å². The van der Waals surface area contributed by atoms with E-state index < -0.39 is 0 Å². The van der Waals surface area contributed by atoms with Gasteiger partial charge in [-0.05, 0) is 38.3 Å². The molecule has 1 saturated carbocycles. The summed E-state index contributed by atoms with van der Waals surface area (Å²) in [5, 5.41) is -0.116. The van der Waals surface area contributed by atoms with Crippen molar-refractivity contribution in [1.82, 2.24) is 14.5 Å². The van der Waals surface area contributed by atoms with Crippen molar-refractivity contribution in [3.05, 3.63) is 23.7 Å². The molecule has 0 saturated heterocycles. The number of ether oxygens (including phenoxy) is 1. The maximum Gasteiger partial charge on any atom is 0.160 e. The molecule has 2 heterocycles. The second-order valence-corrected chi connectivity index (χ2v) is 5.89. The summed E-state index contributed by atoms with van der Waals surface area (Å²) < 4.78 is 7.57. The van der Waals surface area contributed by atoms with E-state index in [1.807, 2.05) is 19.2 Å². The average Bonchev–Trinajstić information content (AvgIpc) is 2.69. The zero-order valence-electron chi connectivity index (χ0n) is 11.4. The van der Waals surface area contributed by atoms with Gasteiger partial charge < -0.3 is 9.30 Å². The molecule has 1 aliphatic carbocycles. The van der Waals surface area contributed by atoms with E-state index in [0.29, 0.717) is 12.1 Å². The predicted molar refractivity (Wildman–Crippen MR) is 75.6 cm³/mol. The Bertz CT molecular complexity index is 602. The first-order valence-corrected chi connectivity index (χ1v) is 7.05. The Kier molecular flexibility index (Phi) is 3.23. The molecular weight excluding hydrogens is 262 g/mol. The van der Waals surface area contributed by atoms with E-state index in [9.17, 15) is 0 Å². The van der Waals surface area contributed by atoms with Crippen LogP contribution in [0.25, 0.3) is 11.2 Å². The number of imidazole rings is 1. The van der Waals surface area contributed by atoms with Crippen molar-refractivity contribution in [2.45, 2.75) is 44.2 Å². The maximum absolute atomic E-state index is 6.29. The molecule has 0 spiro atoms. The monoisotopic (exact) mass is 279 g/mol. The van der Waals surface area contributed by atoms with Crippen molar-refractivity contribution in [3.63, 3.8) is 0 Å². The smallest absolute Gasteiger partial charge is 0.160 e. The highest BCUT2D eigenvalue weighted by Gasteiger charge is 2.34. The third-order valence-corrected chi connectivity index (χ3v) is 4.13. The normalized spacial score (nSPS) is 24.4. The number of pyridine rings is 1. The largest absolute Gasteiger partial charge is 0.381 e. The minimum Gasteiger partial charge on any atom is -0.381 e. The molecule has 1 atom stereocenters. The first kappa shape index (κ1) is 12.9. The molecule has 1 aliphatic rings. The molecule has 4 nitrogen and oxygen atoms in total. The number of hydrogen-bond acceptors (Lipinski definition) is 3. The molecule has 102 valence electrons. The summed E-state index contributed by atoms with van der Waals surface area (Å²) in [6, 6.07) is 2.39. The fraction of sp³-hybridized carbons (Fsp3) is 0.571. The number of nitrogens with zero attached hydrogens (tertiary/aromatic N) is 3. The first-order chi connectivity index (χ1) is 9.11. The summed E-state index contributed by atoms with van der Waals surface area (Å²) in [7, 11) is 1.76. The highest BCUT2D eigenvalue weighted by Crippen LogP contribution is 2.39. The van der Waals surface area contributed by atoms with Gasteiger partial charge in [-0.1, -0.05) is 0 Å². The molecule has 2 aromatic rings. The number of methoxy groups -OCH3 is 1. The Morgan fingerprint density at radius 2 is 2.21 bits per heavy atom. The molecule has 5 heteroatoms. The van der Waals surface area contributed by atoms with Crippen LogP contribution >= 0.6 is 11.6 Å². The Hall–Kier alpha value is -1.13. The third-order valence-electron chi connectivity index (χ3n) is 3.93. The highest BCUT2D eigenvalue weighted by molar-refractivity contribution is 6.20. The summed E-state index contributed by atoms with van der Waals surface area (Å²) in [5.41, 5.74) is 3.05. The molecule has 0 N–H and O–H groups in total. The van der Waals surface area contributed by atoms with E-state index in [2.05, 4.69) is 16.5 Å². The molecule has 1 fully saturated rings. The molecule has 19 heavy (non-hydrogen) atoms. The van der Waals surface area contributed by atoms with E-state index in [-0.39, 0.29) is 5.38 Å². The van der Waals surface area contributed by atoms with E-state index in [4.69, 9.17) is 21.3 Å². The SMILES string of the molecule is COC1CC(n2c(C(C)Cl)nc3c(C)ccnc32)C1. The number of aryl methyl sites for hydroxylation is 1. The quantitative estimate of drug-likeness (QED) is 0.809. The Morgan fingerprint density at radius 3 is 2.84 bits per heavy atom. The molecule has 0 aliphatic heterocycles. The highest BCUT2D eigenvalue weighted by atomic mass is 35.5. The van der Waals surface area contributed by atoms with Crippen molar-refractivity contribution >= 4 is 22.8 Å². The molecule has 1 unspecified atom stereocenters. The van der Waals surface area contributed by atoms with Crippen molar-refractivity contribution in [3.8, 4) is 0 Å². The number of halogens is 1. The average molecular weight is 280 g/mol. The lowest BCUT2D eigenvalue weighted by atomic mass is 9.89. The molecule has 2 aromatic heterocycles. The van der Waals surface area contributed by atoms with Gasteiger partial charge in [-0.15, -0.1) is 11.6 Å². The van der Waals surface area contributed by atoms with E-state index in [0.717, 1.165) is 35.4 Å². The van der Waals surface area contributed by atoms with Gasteiger partial charge in [0, 0.05) is 19.3 Å². The lowest BCUT2D eigenvalue weighted by molar-refractivity contribution is 0.00643. The zero-order valence-corrected chi connectivity index (χ0v) is 12.2. The maximum atomic E-state index is 6.29. The molecule has 0 bridgehead atoms. The van der Waals surface area contributed by atoms with Gasteiger partial charge in [-0.2, -0.15) is 0 Å². The summed E-state index contributed by atoms with van der Waals surface area (Å²) in [5.74, 6) is 0.915. The van der Waals surface area contributed by atoms with Gasteiger partial charge in [0.2, 0.25) is 0 Å². The van der Waals surface area contributed by atoms with Crippen LogP contribution in [-0.2, 0) is 4.74 Å². The Labute approximate surface area is 117 Å². The van der Waals surface area contributed by atoms with E-state index >= 15 is 0 Å². The summed E-state index contributed by atoms with van der Waals surface area (Å²) in [4.78, 5) is 9.19. The second-order valence-electron chi connectivity index (χ2n) is 5.24. The van der Waals surface area contributed by atoms with E-state index in [1.54, 1.807) is 7.11 Å².